The van der Waals surface area contributed by atoms with Gasteiger partial charge in [-0.3, -0.25) is 0 Å². The standard InChI is InChI=1S/C21H20N6/c1-13-11-12-17(14(2)22-13)26-15(3)23-21-19(26)9-6-10-20(21)27-18-8-5-4-7-16(18)24-25-27/h4-10,17,22-23H,1-3,11-12H2. The van der Waals surface area contributed by atoms with Crippen LogP contribution in [-0.4, -0.2) is 21.0 Å². The molecule has 0 radical (unpaired) electrons. The van der Waals surface area contributed by atoms with Gasteiger partial charge in [0.2, 0.25) is 0 Å². The van der Waals surface area contributed by atoms with Gasteiger partial charge in [-0.05, 0) is 37.1 Å². The van der Waals surface area contributed by atoms with Crippen LogP contribution >= 0.6 is 0 Å². The molecule has 0 amide bonds. The van der Waals surface area contributed by atoms with Crippen LogP contribution in [0.2, 0.25) is 0 Å². The first-order valence-electron chi connectivity index (χ1n) is 8.96. The highest BCUT2D eigenvalue weighted by atomic mass is 15.4. The average Bonchev–Trinajstić information content (AvgIpc) is 3.22. The molecule has 1 aromatic heterocycles. The van der Waals surface area contributed by atoms with Gasteiger partial charge in [-0.25, -0.2) is 4.68 Å². The summed E-state index contributed by atoms with van der Waals surface area (Å²) in [5, 5.41) is 15.4. The molecule has 2 aliphatic rings. The maximum Gasteiger partial charge on any atom is 0.113 e. The number of benzene rings is 2. The van der Waals surface area contributed by atoms with E-state index in [0.29, 0.717) is 0 Å². The molecule has 6 heteroatoms. The molecule has 2 aliphatic heterocycles. The van der Waals surface area contributed by atoms with Crippen molar-refractivity contribution >= 4 is 22.4 Å². The molecule has 1 unspecified atom stereocenters. The first-order valence-corrected chi connectivity index (χ1v) is 8.96. The van der Waals surface area contributed by atoms with Crippen molar-refractivity contribution in [2.24, 2.45) is 0 Å². The summed E-state index contributed by atoms with van der Waals surface area (Å²) in [4.78, 5) is 2.21. The molecule has 3 aromatic rings. The van der Waals surface area contributed by atoms with Crippen LogP contribution in [0.1, 0.15) is 12.8 Å². The Morgan fingerprint density at radius 3 is 2.63 bits per heavy atom. The van der Waals surface area contributed by atoms with Gasteiger partial charge in [0, 0.05) is 11.4 Å². The molecular formula is C21H20N6. The maximum atomic E-state index is 4.37. The van der Waals surface area contributed by atoms with Crippen LogP contribution in [0.15, 0.2) is 79.4 Å². The molecule has 3 heterocycles. The van der Waals surface area contributed by atoms with Crippen LogP contribution in [0.5, 0.6) is 0 Å². The normalized spacial score (nSPS) is 19.2. The molecule has 27 heavy (non-hydrogen) atoms. The zero-order valence-corrected chi connectivity index (χ0v) is 14.9. The summed E-state index contributed by atoms with van der Waals surface area (Å²) in [6.45, 7) is 12.5. The summed E-state index contributed by atoms with van der Waals surface area (Å²) in [7, 11) is 0. The van der Waals surface area contributed by atoms with Crippen LogP contribution in [0.25, 0.3) is 16.7 Å². The van der Waals surface area contributed by atoms with Gasteiger partial charge in [-0.2, -0.15) is 0 Å². The largest absolute Gasteiger partial charge is 0.362 e. The number of piperidine rings is 1. The highest BCUT2D eigenvalue weighted by molar-refractivity contribution is 5.89. The van der Waals surface area contributed by atoms with Gasteiger partial charge < -0.3 is 15.5 Å². The van der Waals surface area contributed by atoms with E-state index in [1.807, 2.05) is 41.1 Å². The molecule has 0 spiro atoms. The molecule has 2 aromatic carbocycles. The van der Waals surface area contributed by atoms with E-state index in [1.165, 1.54) is 0 Å². The Morgan fingerprint density at radius 2 is 1.78 bits per heavy atom. The fourth-order valence-corrected chi connectivity index (χ4v) is 3.93. The Kier molecular flexibility index (Phi) is 3.33. The third-order valence-corrected chi connectivity index (χ3v) is 5.19. The third-order valence-electron chi connectivity index (χ3n) is 5.19. The van der Waals surface area contributed by atoms with Crippen LogP contribution in [0.3, 0.4) is 0 Å². The minimum atomic E-state index is 0.125. The molecular weight excluding hydrogens is 336 g/mol. The number of para-hydroxylation sites is 2. The van der Waals surface area contributed by atoms with Crippen molar-refractivity contribution in [2.45, 2.75) is 18.9 Å². The van der Waals surface area contributed by atoms with Crippen molar-refractivity contribution in [3.63, 3.8) is 0 Å². The fourth-order valence-electron chi connectivity index (χ4n) is 3.93. The molecule has 134 valence electrons. The molecule has 1 fully saturated rings. The number of rotatable bonds is 2. The Balaban J connectivity index is 1.62. The van der Waals surface area contributed by atoms with Crippen molar-refractivity contribution < 1.29 is 0 Å². The highest BCUT2D eigenvalue weighted by Gasteiger charge is 2.34. The Morgan fingerprint density at radius 1 is 0.963 bits per heavy atom. The van der Waals surface area contributed by atoms with E-state index >= 15 is 0 Å². The smallest absolute Gasteiger partial charge is 0.113 e. The van der Waals surface area contributed by atoms with E-state index in [0.717, 1.165) is 58.2 Å². The number of allylic oxidation sites excluding steroid dienone is 1. The molecule has 1 atom stereocenters. The van der Waals surface area contributed by atoms with Crippen LogP contribution in [-0.2, 0) is 0 Å². The minimum Gasteiger partial charge on any atom is -0.362 e. The number of nitrogens with one attached hydrogen (secondary N) is 2. The van der Waals surface area contributed by atoms with Gasteiger partial charge in [-0.1, -0.05) is 43.1 Å². The van der Waals surface area contributed by atoms with Gasteiger partial charge in [0.25, 0.3) is 0 Å². The second kappa shape index (κ2) is 5.74. The van der Waals surface area contributed by atoms with E-state index in [1.54, 1.807) is 0 Å². The molecule has 1 saturated heterocycles. The van der Waals surface area contributed by atoms with Crippen molar-refractivity contribution in [1.29, 1.82) is 0 Å². The lowest BCUT2D eigenvalue weighted by molar-refractivity contribution is 0.568. The molecule has 2 N–H and O–H groups in total. The summed E-state index contributed by atoms with van der Waals surface area (Å²) < 4.78 is 1.87. The summed E-state index contributed by atoms with van der Waals surface area (Å²) in [5.74, 6) is 0.835. The summed E-state index contributed by atoms with van der Waals surface area (Å²) in [5.41, 5.74) is 6.79. The van der Waals surface area contributed by atoms with Crippen LogP contribution in [0.4, 0.5) is 11.4 Å². The van der Waals surface area contributed by atoms with E-state index in [-0.39, 0.29) is 6.04 Å². The number of hydrogen-bond acceptors (Lipinski definition) is 5. The first-order chi connectivity index (χ1) is 13.1. The first kappa shape index (κ1) is 15.7. The second-order valence-electron chi connectivity index (χ2n) is 6.91. The zero-order valence-electron chi connectivity index (χ0n) is 14.9. The van der Waals surface area contributed by atoms with Crippen molar-refractivity contribution in [3.8, 4) is 5.69 Å². The lowest BCUT2D eigenvalue weighted by atomic mass is 10.00. The predicted octanol–water partition coefficient (Wildman–Crippen LogP) is 3.90. The van der Waals surface area contributed by atoms with E-state index in [9.17, 15) is 0 Å². The minimum absolute atomic E-state index is 0.125. The molecule has 0 saturated carbocycles. The number of anilines is 2. The lowest BCUT2D eigenvalue weighted by Crippen LogP contribution is -2.41. The molecule has 6 nitrogen and oxygen atoms in total. The van der Waals surface area contributed by atoms with Crippen molar-refractivity contribution in [1.82, 2.24) is 20.3 Å². The monoisotopic (exact) mass is 356 g/mol. The SMILES string of the molecule is C=C1CCC(N2C(=C)Nc3c2cccc3-n2nnc3ccccc32)C(=C)N1. The van der Waals surface area contributed by atoms with E-state index in [4.69, 9.17) is 0 Å². The lowest BCUT2D eigenvalue weighted by Gasteiger charge is -2.36. The Labute approximate surface area is 157 Å². The quantitative estimate of drug-likeness (QED) is 0.729. The molecule has 5 rings (SSSR count). The van der Waals surface area contributed by atoms with E-state index < -0.39 is 0 Å². The summed E-state index contributed by atoms with van der Waals surface area (Å²) in [6, 6.07) is 14.2. The predicted molar refractivity (Wildman–Crippen MR) is 109 cm³/mol. The fraction of sp³-hybridized carbons (Fsp3) is 0.143. The van der Waals surface area contributed by atoms with E-state index in [2.05, 4.69) is 51.6 Å². The summed E-state index contributed by atoms with van der Waals surface area (Å²) >= 11 is 0. The number of fused-ring (bicyclic) bond motifs is 2. The third kappa shape index (κ3) is 2.33. The Bertz CT molecular complexity index is 1110. The van der Waals surface area contributed by atoms with Gasteiger partial charge in [-0.15, -0.1) is 5.10 Å². The number of nitrogens with zero attached hydrogens (tertiary/aromatic N) is 4. The van der Waals surface area contributed by atoms with Crippen molar-refractivity contribution in [3.05, 3.63) is 79.4 Å². The second-order valence-corrected chi connectivity index (χ2v) is 6.91. The van der Waals surface area contributed by atoms with Crippen molar-refractivity contribution in [2.75, 3.05) is 10.2 Å². The van der Waals surface area contributed by atoms with Gasteiger partial charge in [0.05, 0.1) is 28.6 Å². The van der Waals surface area contributed by atoms with Gasteiger partial charge in [0.1, 0.15) is 11.3 Å². The average molecular weight is 356 g/mol. The maximum absolute atomic E-state index is 4.37. The number of aromatic nitrogens is 3. The summed E-state index contributed by atoms with van der Waals surface area (Å²) in [6.07, 6.45) is 1.86. The molecule has 0 aliphatic carbocycles. The highest BCUT2D eigenvalue weighted by Crippen LogP contribution is 2.43. The van der Waals surface area contributed by atoms with Gasteiger partial charge >= 0.3 is 0 Å². The zero-order chi connectivity index (χ0) is 18.5. The number of hydrogen-bond donors (Lipinski definition) is 2. The van der Waals surface area contributed by atoms with Crippen LogP contribution < -0.4 is 15.5 Å². The van der Waals surface area contributed by atoms with Crippen LogP contribution in [0, 0.1) is 0 Å². The molecule has 0 bridgehead atoms. The Hall–Kier alpha value is -3.54. The topological polar surface area (TPSA) is 58.0 Å². The van der Waals surface area contributed by atoms with Gasteiger partial charge in [0.15, 0.2) is 0 Å².